The third-order valence-corrected chi connectivity index (χ3v) is 11.6. The average Bonchev–Trinajstić information content (AvgIpc) is 3.81. The smallest absolute Gasteiger partial charge is 0.408 e. The van der Waals surface area contributed by atoms with Crippen molar-refractivity contribution in [2.45, 2.75) is 102 Å². The third kappa shape index (κ3) is 7.95. The highest BCUT2D eigenvalue weighted by Crippen LogP contribution is 2.52. The summed E-state index contributed by atoms with van der Waals surface area (Å²) >= 11 is 6.79. The third-order valence-electron chi connectivity index (χ3n) is 11.2. The summed E-state index contributed by atoms with van der Waals surface area (Å²) in [4.78, 5) is 64.9. The number of aliphatic carboxylic acids is 1. The van der Waals surface area contributed by atoms with Crippen molar-refractivity contribution in [2.24, 2.45) is 23.7 Å². The lowest BCUT2D eigenvalue weighted by Crippen LogP contribution is -2.56. The zero-order valence-corrected chi connectivity index (χ0v) is 32.9. The summed E-state index contributed by atoms with van der Waals surface area (Å²) in [6, 6.07) is 3.36. The zero-order valence-electron chi connectivity index (χ0n) is 32.2. The summed E-state index contributed by atoms with van der Waals surface area (Å²) in [6.45, 7) is 11.4. The number of ether oxygens (including phenoxy) is 3. The molecule has 4 fully saturated rings. The van der Waals surface area contributed by atoms with Gasteiger partial charge in [0.05, 0.1) is 24.9 Å². The van der Waals surface area contributed by atoms with E-state index in [4.69, 9.17) is 35.2 Å². The molecule has 1 aliphatic heterocycles. The fraction of sp³-hybridized carbons (Fsp3) is 0.550. The minimum Gasteiger partial charge on any atom is -0.495 e. The number of rotatable bonds is 15. The fourth-order valence-electron chi connectivity index (χ4n) is 8.15. The van der Waals surface area contributed by atoms with Crippen LogP contribution < -0.4 is 25.4 Å². The van der Waals surface area contributed by atoms with Crippen molar-refractivity contribution < 1.29 is 42.9 Å². The van der Waals surface area contributed by atoms with Gasteiger partial charge in [0.2, 0.25) is 11.8 Å². The van der Waals surface area contributed by atoms with E-state index >= 15 is 0 Å². The number of nitrogens with one attached hydrogen (secondary N) is 3. The van der Waals surface area contributed by atoms with Gasteiger partial charge in [0, 0.05) is 29.8 Å². The molecule has 0 bridgehead atoms. The minimum atomic E-state index is -1.53. The number of carboxylic acids is 1. The summed E-state index contributed by atoms with van der Waals surface area (Å²) in [5.41, 5.74) is -0.369. The molecular weight excluding hydrogens is 744 g/mol. The van der Waals surface area contributed by atoms with Crippen LogP contribution in [-0.2, 0) is 19.1 Å². The zero-order chi connectivity index (χ0) is 40.1. The second kappa shape index (κ2) is 15.5. The van der Waals surface area contributed by atoms with E-state index in [0.717, 1.165) is 12.8 Å². The lowest BCUT2D eigenvalue weighted by atomic mass is 10.0. The molecule has 8 atom stereocenters. The van der Waals surface area contributed by atoms with Crippen molar-refractivity contribution in [3.63, 3.8) is 0 Å². The Labute approximate surface area is 329 Å². The van der Waals surface area contributed by atoms with Crippen LogP contribution in [0.2, 0.25) is 5.02 Å². The summed E-state index contributed by atoms with van der Waals surface area (Å²) < 4.78 is 23.5. The van der Waals surface area contributed by atoms with Crippen molar-refractivity contribution in [3.8, 4) is 22.9 Å². The molecule has 56 heavy (non-hydrogen) atoms. The number of aromatic nitrogens is 2. The van der Waals surface area contributed by atoms with Crippen LogP contribution in [-0.4, -0.2) is 93.4 Å². The molecule has 1 saturated heterocycles. The highest BCUT2D eigenvalue weighted by Gasteiger charge is 2.61. The van der Waals surface area contributed by atoms with Crippen molar-refractivity contribution in [1.29, 1.82) is 0 Å². The van der Waals surface area contributed by atoms with Gasteiger partial charge < -0.3 is 44.6 Å². The Morgan fingerprint density at radius 1 is 1.07 bits per heavy atom. The van der Waals surface area contributed by atoms with Gasteiger partial charge in [-0.1, -0.05) is 31.5 Å². The summed E-state index contributed by atoms with van der Waals surface area (Å²) in [5.74, 6) is -0.862. The first kappa shape index (κ1) is 39.2. The first-order valence-corrected chi connectivity index (χ1v) is 19.6. The molecule has 3 heterocycles. The number of fused-ring (bicyclic) bond motifs is 2. The molecule has 3 amide bonds. The predicted octanol–water partition coefficient (Wildman–Crippen LogP) is 5.81. The van der Waals surface area contributed by atoms with Crippen LogP contribution >= 0.6 is 11.6 Å². The Hall–Kier alpha value is -5.05. The molecular formula is C40H49ClN6O9. The molecule has 15 nitrogen and oxygen atoms in total. The summed E-state index contributed by atoms with van der Waals surface area (Å²) in [7, 11) is 1.50. The first-order chi connectivity index (χ1) is 26.7. The number of anilines is 1. The van der Waals surface area contributed by atoms with Gasteiger partial charge in [0.15, 0.2) is 0 Å². The number of amides is 3. The maximum Gasteiger partial charge on any atom is 0.408 e. The van der Waals surface area contributed by atoms with Gasteiger partial charge in [-0.05, 0) is 75.8 Å². The molecule has 1 unspecified atom stereocenters. The van der Waals surface area contributed by atoms with E-state index in [9.17, 15) is 24.3 Å². The number of carbonyl (C=O) groups excluding carboxylic acids is 3. The van der Waals surface area contributed by atoms with Crippen LogP contribution in [0.25, 0.3) is 22.3 Å². The maximum atomic E-state index is 14.5. The Kier molecular flexibility index (Phi) is 10.8. The number of likely N-dealkylation sites (tertiary alicyclic amines) is 1. The van der Waals surface area contributed by atoms with E-state index in [1.807, 2.05) is 27.7 Å². The Morgan fingerprint density at radius 2 is 1.82 bits per heavy atom. The number of carbonyl (C=O) groups is 4. The van der Waals surface area contributed by atoms with Crippen LogP contribution in [0.5, 0.6) is 11.5 Å². The number of carboxylic acid groups (broad SMARTS) is 1. The molecule has 3 aliphatic carbocycles. The number of halogens is 1. The first-order valence-electron chi connectivity index (χ1n) is 19.2. The normalized spacial score (nSPS) is 26.8. The predicted molar refractivity (Wildman–Crippen MR) is 206 cm³/mol. The quantitative estimate of drug-likeness (QED) is 0.135. The van der Waals surface area contributed by atoms with E-state index < -0.39 is 53.5 Å². The van der Waals surface area contributed by atoms with Crippen LogP contribution in [0.1, 0.15) is 66.2 Å². The number of alkyl carbamates (subject to hydrolysis) is 1. The molecule has 3 saturated carbocycles. The van der Waals surface area contributed by atoms with E-state index in [1.54, 1.807) is 18.2 Å². The van der Waals surface area contributed by atoms with E-state index in [-0.39, 0.29) is 48.9 Å². The van der Waals surface area contributed by atoms with Crippen LogP contribution in [0.3, 0.4) is 0 Å². The maximum absolute atomic E-state index is 14.5. The van der Waals surface area contributed by atoms with Gasteiger partial charge >= 0.3 is 12.1 Å². The Balaban J connectivity index is 1.19. The van der Waals surface area contributed by atoms with Gasteiger partial charge in [-0.3, -0.25) is 9.59 Å². The molecule has 300 valence electrons. The number of nitrogens with zero attached hydrogens (tertiary/aromatic N) is 3. The lowest BCUT2D eigenvalue weighted by molar-refractivity contribution is -0.145. The van der Waals surface area contributed by atoms with E-state index in [1.165, 1.54) is 30.8 Å². The monoisotopic (exact) mass is 792 g/mol. The number of hydrogen-bond donors (Lipinski definition) is 4. The molecule has 2 aromatic heterocycles. The minimum absolute atomic E-state index is 0.00322. The largest absolute Gasteiger partial charge is 0.495 e. The van der Waals surface area contributed by atoms with Gasteiger partial charge in [-0.25, -0.2) is 14.6 Å². The lowest BCUT2D eigenvalue weighted by Gasteiger charge is -2.30. The molecule has 0 spiro atoms. The fourth-order valence-corrected chi connectivity index (χ4v) is 8.43. The number of methoxy groups -OCH3 is 1. The van der Waals surface area contributed by atoms with Crippen molar-refractivity contribution in [3.05, 3.63) is 42.1 Å². The Morgan fingerprint density at radius 3 is 2.46 bits per heavy atom. The van der Waals surface area contributed by atoms with E-state index in [0.29, 0.717) is 51.6 Å². The highest BCUT2D eigenvalue weighted by molar-refractivity contribution is 6.36. The number of benzene rings is 1. The topological polar surface area (TPSA) is 194 Å². The SMILES string of the molecule is C=C[C@@H]1C[C@]1(NC(=O)[C@@H]1C[C@@H](Oc2cc(-c3coc(NC(C)C)n3)nc3c(Cl)c(OC)ccc23)CN1C(=O)[C@H](CC(C)C)NC(=O)OC1C[C@@H]2C[C@@H]2C1)C(=O)O. The van der Waals surface area contributed by atoms with Gasteiger partial charge in [0.25, 0.3) is 6.01 Å². The number of pyridine rings is 1. The molecule has 7 rings (SSSR count). The van der Waals surface area contributed by atoms with E-state index in [2.05, 4.69) is 27.5 Å². The number of oxazole rings is 1. The summed E-state index contributed by atoms with van der Waals surface area (Å²) in [6.07, 6.45) is 4.63. The second-order valence-electron chi connectivity index (χ2n) is 16.2. The van der Waals surface area contributed by atoms with Crippen LogP contribution in [0.15, 0.2) is 41.5 Å². The van der Waals surface area contributed by atoms with Gasteiger partial charge in [-0.15, -0.1) is 6.58 Å². The molecule has 0 radical (unpaired) electrons. The highest BCUT2D eigenvalue weighted by atomic mass is 35.5. The van der Waals surface area contributed by atoms with Crippen molar-refractivity contribution in [2.75, 3.05) is 19.0 Å². The molecule has 4 aliphatic rings. The van der Waals surface area contributed by atoms with Gasteiger partial charge in [0.1, 0.15) is 58.3 Å². The average molecular weight is 793 g/mol. The van der Waals surface area contributed by atoms with Crippen molar-refractivity contribution in [1.82, 2.24) is 25.5 Å². The van der Waals surface area contributed by atoms with Crippen molar-refractivity contribution >= 4 is 52.4 Å². The standard InChI is InChI=1S/C40H49ClN6O9/c1-7-23-16-40(23,37(50)51)46-35(48)30-14-25(17-47(30)36(49)28(10-19(2)3)45-39(52)56-24-12-21-11-22(21)13-24)55-32-15-27(29-18-54-38(44-29)42-20(4)5)43-34-26(32)8-9-31(53-6)33(34)41/h7-9,15,18-25,28,30H,1,10-14,16-17H2,2-6H3,(H,42,44)(H,45,52)(H,46,48)(H,50,51)/t21-,22+,23-,24?,25-,28+,30+,40-/m1/s1. The van der Waals surface area contributed by atoms with Gasteiger partial charge in [-0.2, -0.15) is 4.98 Å². The molecule has 1 aromatic carbocycles. The van der Waals surface area contributed by atoms with Crippen LogP contribution in [0.4, 0.5) is 10.8 Å². The molecule has 4 N–H and O–H groups in total. The Bertz CT molecular complexity index is 2030. The summed E-state index contributed by atoms with van der Waals surface area (Å²) in [5, 5.41) is 19.5. The number of hydrogen-bond acceptors (Lipinski definition) is 11. The molecule has 16 heteroatoms. The molecule has 3 aromatic rings. The second-order valence-corrected chi connectivity index (χ2v) is 16.6. The van der Waals surface area contributed by atoms with Crippen LogP contribution in [0, 0.1) is 23.7 Å².